The molecular formula is C13H20N2O. The van der Waals surface area contributed by atoms with E-state index < -0.39 is 0 Å². The first kappa shape index (κ1) is 12.7. The highest BCUT2D eigenvalue weighted by atomic mass is 16.1. The molecule has 0 N–H and O–H groups in total. The first-order valence-electron chi connectivity index (χ1n) is 5.72. The Morgan fingerprint density at radius 2 is 2.19 bits per heavy atom. The molecule has 1 unspecified atom stereocenters. The number of carbonyl (C=O) groups is 1. The minimum Gasteiger partial charge on any atom is -0.373 e. The topological polar surface area (TPSA) is 33.2 Å². The lowest BCUT2D eigenvalue weighted by atomic mass is 10.1. The van der Waals surface area contributed by atoms with Crippen LogP contribution in [-0.4, -0.2) is 24.4 Å². The van der Waals surface area contributed by atoms with Gasteiger partial charge in [0.15, 0.2) is 5.78 Å². The zero-order chi connectivity index (χ0) is 12.1. The number of Topliss-reactive ketones (excluding diaryl/α,β-unsaturated/α-hetero) is 1. The van der Waals surface area contributed by atoms with Crippen molar-refractivity contribution in [1.82, 2.24) is 4.98 Å². The molecule has 1 heterocycles. The molecule has 0 aliphatic heterocycles. The minimum atomic E-state index is 0.0103. The maximum atomic E-state index is 11.1. The van der Waals surface area contributed by atoms with Gasteiger partial charge in [-0.1, -0.05) is 20.3 Å². The van der Waals surface area contributed by atoms with E-state index in [1.807, 2.05) is 6.07 Å². The number of pyridine rings is 1. The van der Waals surface area contributed by atoms with Crippen molar-refractivity contribution in [2.75, 3.05) is 18.5 Å². The van der Waals surface area contributed by atoms with Gasteiger partial charge >= 0.3 is 0 Å². The van der Waals surface area contributed by atoms with Crippen LogP contribution in [0.4, 0.5) is 5.69 Å². The molecule has 88 valence electrons. The van der Waals surface area contributed by atoms with Crippen molar-refractivity contribution in [1.29, 1.82) is 0 Å². The van der Waals surface area contributed by atoms with Gasteiger partial charge in [-0.15, -0.1) is 0 Å². The molecule has 3 heteroatoms. The lowest BCUT2D eigenvalue weighted by molar-refractivity contribution is 0.101. The summed E-state index contributed by atoms with van der Waals surface area (Å²) in [5.74, 6) is 0.675. The molecule has 0 saturated carbocycles. The van der Waals surface area contributed by atoms with Gasteiger partial charge in [0.2, 0.25) is 0 Å². The van der Waals surface area contributed by atoms with E-state index >= 15 is 0 Å². The molecule has 1 atom stereocenters. The maximum Gasteiger partial charge on any atom is 0.178 e. The smallest absolute Gasteiger partial charge is 0.178 e. The molecule has 0 spiro atoms. The normalized spacial score (nSPS) is 12.2. The van der Waals surface area contributed by atoms with Crippen LogP contribution in [0.15, 0.2) is 18.3 Å². The van der Waals surface area contributed by atoms with E-state index in [-0.39, 0.29) is 5.78 Å². The predicted octanol–water partition coefficient (Wildman–Crippen LogP) is 2.77. The Labute approximate surface area is 97.5 Å². The largest absolute Gasteiger partial charge is 0.373 e. The van der Waals surface area contributed by atoms with Crippen LogP contribution in [0.5, 0.6) is 0 Å². The van der Waals surface area contributed by atoms with Crippen molar-refractivity contribution in [3.63, 3.8) is 0 Å². The van der Waals surface area contributed by atoms with Crippen LogP contribution in [0, 0.1) is 5.92 Å². The fraction of sp³-hybridized carbons (Fsp3) is 0.538. The Bertz CT molecular complexity index is 345. The molecule has 0 fully saturated rings. The molecular weight excluding hydrogens is 200 g/mol. The molecule has 0 aliphatic carbocycles. The van der Waals surface area contributed by atoms with Crippen LogP contribution < -0.4 is 4.90 Å². The average molecular weight is 220 g/mol. The van der Waals surface area contributed by atoms with Crippen molar-refractivity contribution in [3.05, 3.63) is 24.0 Å². The van der Waals surface area contributed by atoms with Crippen molar-refractivity contribution >= 4 is 11.5 Å². The molecule has 0 bridgehead atoms. The Hall–Kier alpha value is -1.38. The first-order chi connectivity index (χ1) is 7.54. The fourth-order valence-electron chi connectivity index (χ4n) is 1.52. The number of carbonyl (C=O) groups excluding carboxylic acids is 1. The Morgan fingerprint density at radius 1 is 1.50 bits per heavy atom. The van der Waals surface area contributed by atoms with Crippen molar-refractivity contribution < 1.29 is 4.79 Å². The minimum absolute atomic E-state index is 0.0103. The molecule has 1 aromatic heterocycles. The highest BCUT2D eigenvalue weighted by Crippen LogP contribution is 2.14. The summed E-state index contributed by atoms with van der Waals surface area (Å²) in [6.07, 6.45) is 2.93. The summed E-state index contributed by atoms with van der Waals surface area (Å²) in [4.78, 5) is 17.4. The van der Waals surface area contributed by atoms with E-state index in [1.54, 1.807) is 12.3 Å². The van der Waals surface area contributed by atoms with E-state index in [1.165, 1.54) is 13.3 Å². The number of hydrogen-bond acceptors (Lipinski definition) is 3. The zero-order valence-electron chi connectivity index (χ0n) is 10.5. The van der Waals surface area contributed by atoms with Crippen molar-refractivity contribution in [3.8, 4) is 0 Å². The van der Waals surface area contributed by atoms with Crippen LogP contribution in [-0.2, 0) is 0 Å². The molecule has 0 radical (unpaired) electrons. The second-order valence-electron chi connectivity index (χ2n) is 4.35. The van der Waals surface area contributed by atoms with Crippen LogP contribution in [0.1, 0.15) is 37.7 Å². The fourth-order valence-corrected chi connectivity index (χ4v) is 1.52. The lowest BCUT2D eigenvalue weighted by Crippen LogP contribution is -2.23. The van der Waals surface area contributed by atoms with Gasteiger partial charge in [-0.05, 0) is 18.1 Å². The Kier molecular flexibility index (Phi) is 4.47. The summed E-state index contributed by atoms with van der Waals surface area (Å²) < 4.78 is 0. The summed E-state index contributed by atoms with van der Waals surface area (Å²) in [5.41, 5.74) is 1.59. The third-order valence-electron chi connectivity index (χ3n) is 2.83. The van der Waals surface area contributed by atoms with Crippen LogP contribution in [0.3, 0.4) is 0 Å². The van der Waals surface area contributed by atoms with Gasteiger partial charge in [-0.3, -0.25) is 9.78 Å². The summed E-state index contributed by atoms with van der Waals surface area (Å²) in [6, 6.07) is 3.73. The number of aromatic nitrogens is 1. The van der Waals surface area contributed by atoms with Crippen LogP contribution in [0.25, 0.3) is 0 Å². The van der Waals surface area contributed by atoms with Gasteiger partial charge < -0.3 is 4.90 Å². The van der Waals surface area contributed by atoms with Gasteiger partial charge in [-0.25, -0.2) is 0 Å². The third kappa shape index (κ3) is 3.33. The predicted molar refractivity (Wildman–Crippen MR) is 67.0 cm³/mol. The number of nitrogens with zero attached hydrogens (tertiary/aromatic N) is 2. The molecule has 0 aliphatic rings. The van der Waals surface area contributed by atoms with E-state index in [2.05, 4.69) is 30.8 Å². The lowest BCUT2D eigenvalue weighted by Gasteiger charge is -2.22. The standard InChI is InChI=1S/C13H20N2O/c1-5-10(2)9-15(4)12-6-7-13(11(3)16)14-8-12/h6-8,10H,5,9H2,1-4H3. The summed E-state index contributed by atoms with van der Waals surface area (Å²) >= 11 is 0. The first-order valence-corrected chi connectivity index (χ1v) is 5.72. The highest BCUT2D eigenvalue weighted by molar-refractivity contribution is 5.92. The van der Waals surface area contributed by atoms with Gasteiger partial charge in [0, 0.05) is 20.5 Å². The molecule has 0 aromatic carbocycles. The number of ketones is 1. The Balaban J connectivity index is 2.70. The number of anilines is 1. The third-order valence-corrected chi connectivity index (χ3v) is 2.83. The molecule has 1 rings (SSSR count). The quantitative estimate of drug-likeness (QED) is 0.715. The van der Waals surface area contributed by atoms with E-state index in [4.69, 9.17) is 0 Å². The zero-order valence-corrected chi connectivity index (χ0v) is 10.5. The second-order valence-corrected chi connectivity index (χ2v) is 4.35. The van der Waals surface area contributed by atoms with Crippen molar-refractivity contribution in [2.24, 2.45) is 5.92 Å². The van der Waals surface area contributed by atoms with Gasteiger partial charge in [0.05, 0.1) is 11.9 Å². The summed E-state index contributed by atoms with van der Waals surface area (Å²) in [5, 5.41) is 0. The van der Waals surface area contributed by atoms with E-state index in [9.17, 15) is 4.79 Å². The van der Waals surface area contributed by atoms with Crippen LogP contribution >= 0.6 is 0 Å². The molecule has 1 aromatic rings. The average Bonchev–Trinajstić information content (AvgIpc) is 2.28. The monoisotopic (exact) mass is 220 g/mol. The SMILES string of the molecule is CCC(C)CN(C)c1ccc(C(C)=O)nc1. The van der Waals surface area contributed by atoms with E-state index in [0.29, 0.717) is 11.6 Å². The van der Waals surface area contributed by atoms with Gasteiger partial charge in [0.25, 0.3) is 0 Å². The molecule has 0 saturated heterocycles. The van der Waals surface area contributed by atoms with Crippen molar-refractivity contribution in [2.45, 2.75) is 27.2 Å². The number of rotatable bonds is 5. The maximum absolute atomic E-state index is 11.1. The van der Waals surface area contributed by atoms with E-state index in [0.717, 1.165) is 12.2 Å². The summed E-state index contributed by atoms with van der Waals surface area (Å²) in [7, 11) is 2.05. The highest BCUT2D eigenvalue weighted by Gasteiger charge is 2.07. The molecule has 0 amide bonds. The molecule has 16 heavy (non-hydrogen) atoms. The molecule has 3 nitrogen and oxygen atoms in total. The second kappa shape index (κ2) is 5.64. The van der Waals surface area contributed by atoms with Gasteiger partial charge in [-0.2, -0.15) is 0 Å². The van der Waals surface area contributed by atoms with Crippen LogP contribution in [0.2, 0.25) is 0 Å². The summed E-state index contributed by atoms with van der Waals surface area (Å²) in [6.45, 7) is 6.96. The number of hydrogen-bond donors (Lipinski definition) is 0. The van der Waals surface area contributed by atoms with Gasteiger partial charge in [0.1, 0.15) is 5.69 Å². The Morgan fingerprint density at radius 3 is 2.62 bits per heavy atom.